The zero-order valence-corrected chi connectivity index (χ0v) is 60.3. The lowest BCUT2D eigenvalue weighted by molar-refractivity contribution is -0.150. The van der Waals surface area contributed by atoms with Gasteiger partial charge in [-0.05, 0) is 78.7 Å². The number of amides is 7. The highest BCUT2D eigenvalue weighted by Crippen LogP contribution is 2.29. The number of hydrogen-bond donors (Lipinski definition) is 4. The number of esters is 1. The molecule has 1 aromatic rings. The van der Waals surface area contributed by atoms with E-state index in [1.54, 1.807) is 6.20 Å². The number of aromatic nitrogens is 1. The molecule has 7 amide bonds. The van der Waals surface area contributed by atoms with Gasteiger partial charge in [0.2, 0.25) is 41.4 Å². The smallest absolute Gasteiger partial charge is 0.305 e. The van der Waals surface area contributed by atoms with Crippen LogP contribution in [0.4, 0.5) is 0 Å². The third-order valence-corrected chi connectivity index (χ3v) is 19.7. The summed E-state index contributed by atoms with van der Waals surface area (Å²) in [4.78, 5) is 128. The molecular formula is C70H127N9O11S2. The number of aliphatic hydroxyl groups excluding tert-OH is 2. The van der Waals surface area contributed by atoms with Crippen LogP contribution < -0.4 is 11.1 Å². The Morgan fingerprint density at radius 2 is 0.870 bits per heavy atom. The summed E-state index contributed by atoms with van der Waals surface area (Å²) in [7, 11) is 2.92. The molecule has 0 spiro atoms. The van der Waals surface area contributed by atoms with Crippen LogP contribution in [0.15, 0.2) is 29.4 Å². The molecule has 530 valence electrons. The molecule has 0 aliphatic heterocycles. The van der Waals surface area contributed by atoms with Crippen LogP contribution in [0.25, 0.3) is 0 Å². The fourth-order valence-electron chi connectivity index (χ4n) is 11.1. The lowest BCUT2D eigenvalue weighted by Gasteiger charge is -2.34. The van der Waals surface area contributed by atoms with Crippen molar-refractivity contribution in [2.24, 2.45) is 29.4 Å². The second-order valence-electron chi connectivity index (χ2n) is 25.2. The summed E-state index contributed by atoms with van der Waals surface area (Å²) in [5.74, 6) is -3.35. The van der Waals surface area contributed by atoms with Crippen LogP contribution in [0.3, 0.4) is 0 Å². The summed E-state index contributed by atoms with van der Waals surface area (Å²) >= 11 is 0. The van der Waals surface area contributed by atoms with Crippen molar-refractivity contribution in [3.05, 3.63) is 24.4 Å². The molecule has 0 radical (unpaired) electrons. The summed E-state index contributed by atoms with van der Waals surface area (Å²) in [5, 5.41) is 23.3. The number of pyridine rings is 1. The van der Waals surface area contributed by atoms with Gasteiger partial charge in [-0.3, -0.25) is 38.4 Å². The van der Waals surface area contributed by atoms with Crippen LogP contribution >= 0.6 is 21.6 Å². The van der Waals surface area contributed by atoms with Crippen molar-refractivity contribution < 1.29 is 53.3 Å². The molecule has 0 saturated heterocycles. The molecule has 1 aromatic heterocycles. The fraction of sp³-hybridized carbons (Fsp3) is 0.814. The molecule has 20 nitrogen and oxygen atoms in total. The third kappa shape index (κ3) is 39.4. The molecule has 0 bridgehead atoms. The van der Waals surface area contributed by atoms with Crippen molar-refractivity contribution in [3.63, 3.8) is 0 Å². The van der Waals surface area contributed by atoms with Crippen molar-refractivity contribution in [1.29, 1.82) is 0 Å². The highest BCUT2D eigenvalue weighted by atomic mass is 33.1. The predicted molar refractivity (Wildman–Crippen MR) is 373 cm³/mol. The molecule has 0 aromatic carbocycles. The van der Waals surface area contributed by atoms with Gasteiger partial charge in [-0.2, -0.15) is 0 Å². The van der Waals surface area contributed by atoms with E-state index in [9.17, 15) is 34.2 Å². The maximum Gasteiger partial charge on any atom is 0.305 e. The van der Waals surface area contributed by atoms with Crippen molar-refractivity contribution in [3.8, 4) is 0 Å². The Bertz CT molecular complexity index is 2150. The maximum atomic E-state index is 15.4. The average Bonchev–Trinajstić information content (AvgIpc) is 1.09. The van der Waals surface area contributed by atoms with Gasteiger partial charge in [0.05, 0.1) is 71.6 Å². The van der Waals surface area contributed by atoms with E-state index >= 15 is 14.4 Å². The molecule has 0 aliphatic rings. The predicted octanol–water partition coefficient (Wildman–Crippen LogP) is 10.6. The summed E-state index contributed by atoms with van der Waals surface area (Å²) < 4.78 is 5.76. The minimum Gasteiger partial charge on any atom is -0.464 e. The normalized spacial score (nSPS) is 12.7. The highest BCUT2D eigenvalue weighted by Gasteiger charge is 2.33. The Hall–Kier alpha value is -4.51. The number of primary amides is 1. The first-order chi connectivity index (χ1) is 44.4. The number of hydrogen-bond acceptors (Lipinski definition) is 15. The summed E-state index contributed by atoms with van der Waals surface area (Å²) in [5.41, 5.74) is 5.75. The lowest BCUT2D eigenvalue weighted by atomic mass is 9.98. The Balaban J connectivity index is 3.94. The quantitative estimate of drug-likeness (QED) is 0.0269. The van der Waals surface area contributed by atoms with Gasteiger partial charge < -0.3 is 55.4 Å². The van der Waals surface area contributed by atoms with E-state index in [1.807, 2.05) is 32.0 Å². The number of rotatable bonds is 59. The van der Waals surface area contributed by atoms with Crippen LogP contribution in [0.2, 0.25) is 0 Å². The van der Waals surface area contributed by atoms with Crippen molar-refractivity contribution in [1.82, 2.24) is 39.7 Å². The van der Waals surface area contributed by atoms with Crippen LogP contribution in [0.5, 0.6) is 0 Å². The fourth-order valence-corrected chi connectivity index (χ4v) is 13.0. The van der Waals surface area contributed by atoms with Crippen LogP contribution in [-0.2, 0) is 43.1 Å². The standard InChI is InChI=1S/C70H127N9O11S2/c1-10-19-24-25-26-27-28-29-30-38-70(89)90-42-40-74(65(84)52-77(46-58(16-7)34-21-12-3)64(83)44-73-61(55-80)56-81)50-68(87)79(48-60(18-9)36-23-14-5)54-69(88)78(47-59(17-8)35-22-13-4)53-66(85)75(41-43-91-92-63-37-31-32-39-72-63)51-67(86)76(49-62(71)82)45-57(15-6)33-20-11-2/h31-32,37,39,57-61,73,80-81H,10-30,33-36,38,40-56H2,1-9H3,(H2,71,82). The van der Waals surface area contributed by atoms with Gasteiger partial charge in [0.1, 0.15) is 11.6 Å². The van der Waals surface area contributed by atoms with Crippen LogP contribution in [0.1, 0.15) is 229 Å². The molecule has 0 saturated carbocycles. The van der Waals surface area contributed by atoms with Gasteiger partial charge in [0.15, 0.2) is 0 Å². The Morgan fingerprint density at radius 3 is 1.26 bits per heavy atom. The molecule has 1 heterocycles. The van der Waals surface area contributed by atoms with Crippen LogP contribution in [-0.4, -0.2) is 209 Å². The molecule has 0 fully saturated rings. The molecule has 0 aliphatic carbocycles. The van der Waals surface area contributed by atoms with Gasteiger partial charge in [-0.25, -0.2) is 4.98 Å². The van der Waals surface area contributed by atoms with E-state index in [0.29, 0.717) is 25.1 Å². The molecule has 92 heavy (non-hydrogen) atoms. The lowest BCUT2D eigenvalue weighted by Crippen LogP contribution is -2.54. The Kier molecular flexibility index (Phi) is 50.8. The van der Waals surface area contributed by atoms with Crippen molar-refractivity contribution in [2.45, 2.75) is 240 Å². The zero-order valence-electron chi connectivity index (χ0n) is 58.7. The number of unbranched alkanes of at least 4 members (excludes halogenated alkanes) is 12. The summed E-state index contributed by atoms with van der Waals surface area (Å²) in [6, 6.07) is 4.85. The van der Waals surface area contributed by atoms with Gasteiger partial charge >= 0.3 is 5.97 Å². The number of nitrogens with one attached hydrogen (secondary N) is 1. The Morgan fingerprint density at radius 1 is 0.489 bits per heavy atom. The van der Waals surface area contributed by atoms with Gasteiger partial charge in [-0.15, -0.1) is 0 Å². The second-order valence-corrected chi connectivity index (χ2v) is 27.6. The first-order valence-corrected chi connectivity index (χ1v) is 38.0. The van der Waals surface area contributed by atoms with Gasteiger partial charge in [-0.1, -0.05) is 208 Å². The minimum absolute atomic E-state index is 0.00815. The first-order valence-electron chi connectivity index (χ1n) is 35.7. The van der Waals surface area contributed by atoms with Crippen molar-refractivity contribution in [2.75, 3.05) is 111 Å². The summed E-state index contributed by atoms with van der Waals surface area (Å²) in [6.07, 6.45) is 25.3. The number of nitrogens with zero attached hydrogens (tertiary/aromatic N) is 7. The maximum absolute atomic E-state index is 15.4. The van der Waals surface area contributed by atoms with E-state index in [1.165, 1.54) is 83.1 Å². The number of carbonyl (C=O) groups is 8. The highest BCUT2D eigenvalue weighted by molar-refractivity contribution is 8.76. The van der Waals surface area contributed by atoms with E-state index in [0.717, 1.165) is 121 Å². The second kappa shape index (κ2) is 54.7. The van der Waals surface area contributed by atoms with Gasteiger partial charge in [0, 0.05) is 51.1 Å². The van der Waals surface area contributed by atoms with E-state index in [-0.39, 0.29) is 95.6 Å². The van der Waals surface area contributed by atoms with Crippen LogP contribution in [0, 0.1) is 23.7 Å². The minimum atomic E-state index is -0.757. The van der Waals surface area contributed by atoms with E-state index in [2.05, 4.69) is 58.8 Å². The number of aliphatic hydroxyl groups is 2. The monoisotopic (exact) mass is 1330 g/mol. The number of nitrogens with two attached hydrogens (primary N) is 1. The topological polar surface area (TPSA) is 257 Å². The van der Waals surface area contributed by atoms with E-state index in [4.69, 9.17) is 10.5 Å². The number of carbonyl (C=O) groups excluding carboxylic acids is 8. The first kappa shape index (κ1) is 85.5. The largest absolute Gasteiger partial charge is 0.464 e. The number of ether oxygens (including phenoxy) is 1. The molecule has 5 N–H and O–H groups in total. The van der Waals surface area contributed by atoms with E-state index < -0.39 is 86.2 Å². The average molecular weight is 1330 g/mol. The molecule has 1 rings (SSSR count). The summed E-state index contributed by atoms with van der Waals surface area (Å²) in [6.45, 7) is 16.1. The third-order valence-electron chi connectivity index (χ3n) is 17.5. The molecule has 4 atom stereocenters. The Labute approximate surface area is 563 Å². The van der Waals surface area contributed by atoms with Gasteiger partial charge in [0.25, 0.3) is 0 Å². The molecule has 22 heteroatoms. The van der Waals surface area contributed by atoms with Crippen molar-refractivity contribution >= 4 is 68.9 Å². The zero-order chi connectivity index (χ0) is 68.3. The molecule has 4 unspecified atom stereocenters. The molecular weight excluding hydrogens is 1210 g/mol. The SMILES string of the molecule is CCCCCCCCCCCC(=O)OCCN(CC(=O)N(CC(=O)N(CC(=O)N(CCSSc1ccccn1)CC(=O)N(CC(N)=O)CC(CC)CCCC)CC(CC)CCCC)CC(CC)CCCC)C(=O)CN(CC(CC)CCCC)C(=O)CNC(CO)CO.